The summed E-state index contributed by atoms with van der Waals surface area (Å²) in [5.41, 5.74) is 10.3. The molecule has 6 aromatic carbocycles. The van der Waals surface area contributed by atoms with Gasteiger partial charge in [0.25, 0.3) is 0 Å². The van der Waals surface area contributed by atoms with Gasteiger partial charge in [-0.15, -0.1) is 6.42 Å². The number of carbonyl (C=O) groups excluding carboxylic acids is 3. The van der Waals surface area contributed by atoms with Crippen LogP contribution in [0.3, 0.4) is 0 Å². The van der Waals surface area contributed by atoms with E-state index in [-0.39, 0.29) is 46.4 Å². The Morgan fingerprint density at radius 1 is 0.533 bits per heavy atom. The first-order valence-electron chi connectivity index (χ1n) is 32.8. The van der Waals surface area contributed by atoms with Gasteiger partial charge in [-0.1, -0.05) is 23.6 Å². The van der Waals surface area contributed by atoms with Gasteiger partial charge in [0.2, 0.25) is 0 Å². The normalized spacial score (nSPS) is 13.4. The molecular weight excluding hydrogens is 1550 g/mol. The van der Waals surface area contributed by atoms with E-state index in [9.17, 15) is 58.3 Å². The fourth-order valence-electron chi connectivity index (χ4n) is 10.9. The molecule has 4 aliphatic heterocycles. The number of terminal acetylenes is 1. The van der Waals surface area contributed by atoms with Gasteiger partial charge in [0.05, 0.1) is 95.4 Å². The van der Waals surface area contributed by atoms with Crippen LogP contribution in [0.25, 0.3) is 33.8 Å². The number of fused-ring (bicyclic) bond motifs is 4. The Labute approximate surface area is 627 Å². The van der Waals surface area contributed by atoms with Crippen LogP contribution >= 0.6 is 34.2 Å². The number of nitrogens with one attached hydrogen (secondary N) is 2. The van der Waals surface area contributed by atoms with Crippen molar-refractivity contribution in [1.29, 1.82) is 0 Å². The largest absolute Gasteiger partial charge is 0.491 e. The van der Waals surface area contributed by atoms with Crippen LogP contribution in [0, 0.1) is 74.2 Å². The number of halogens is 12. The van der Waals surface area contributed by atoms with Crippen LogP contribution in [-0.2, 0) is 61.8 Å². The average molecular weight is 1620 g/mol. The molecule has 0 radical (unpaired) electrons. The van der Waals surface area contributed by atoms with Crippen LogP contribution in [0.2, 0.25) is 5.02 Å². The number of urea groups is 1. The number of hydrogen-bond donors (Lipinski definition) is 5. The third-order valence-electron chi connectivity index (χ3n) is 16.1. The highest BCUT2D eigenvalue weighted by Gasteiger charge is 2.31. The molecule has 34 heteroatoms. The van der Waals surface area contributed by atoms with Crippen LogP contribution in [0.5, 0.6) is 0 Å². The summed E-state index contributed by atoms with van der Waals surface area (Å²) >= 11 is 7.55. The van der Waals surface area contributed by atoms with Crippen molar-refractivity contribution in [1.82, 2.24) is 58.2 Å². The van der Waals surface area contributed by atoms with Gasteiger partial charge in [0, 0.05) is 117 Å². The number of rotatable bonds is 5. The van der Waals surface area contributed by atoms with E-state index in [1.54, 1.807) is 49.6 Å². The van der Waals surface area contributed by atoms with Crippen LogP contribution in [-0.4, -0.2) is 126 Å². The van der Waals surface area contributed by atoms with E-state index in [4.69, 9.17) is 43.3 Å². The van der Waals surface area contributed by atoms with E-state index >= 15 is 0 Å². The number of nitrogen functional groups attached to an aromatic ring is 1. The molecular formula is C73H71BClF10IN14O7. The number of anilines is 2. The molecule has 4 aromatic heterocycles. The van der Waals surface area contributed by atoms with Gasteiger partial charge < -0.3 is 68.9 Å². The van der Waals surface area contributed by atoms with Crippen LogP contribution in [0.15, 0.2) is 135 Å². The Hall–Kier alpha value is -10.4. The van der Waals surface area contributed by atoms with Gasteiger partial charge in [0.15, 0.2) is 0 Å². The molecule has 0 fully saturated rings. The molecule has 0 saturated carbocycles. The molecule has 6 N–H and O–H groups in total. The summed E-state index contributed by atoms with van der Waals surface area (Å²) in [7, 11) is -1.89. The van der Waals surface area contributed by atoms with E-state index in [2.05, 4.69) is 63.6 Å². The lowest BCUT2D eigenvalue weighted by atomic mass is 9.80. The molecule has 0 aliphatic carbocycles. The van der Waals surface area contributed by atoms with Crippen LogP contribution in [0.1, 0.15) is 69.9 Å². The summed E-state index contributed by atoms with van der Waals surface area (Å²) in [4.78, 5) is 58.6. The van der Waals surface area contributed by atoms with Crippen molar-refractivity contribution in [2.45, 2.75) is 105 Å². The van der Waals surface area contributed by atoms with Gasteiger partial charge in [-0.2, -0.15) is 0 Å². The minimum atomic E-state index is -1.89. The van der Waals surface area contributed by atoms with Gasteiger partial charge >= 0.3 is 25.3 Å². The summed E-state index contributed by atoms with van der Waals surface area (Å²) in [6, 6.07) is 20.4. The number of hydrogen-bond acceptors (Lipinski definition) is 13. The number of benzene rings is 6. The minimum absolute atomic E-state index is 0.0496. The zero-order valence-corrected chi connectivity index (χ0v) is 61.2. The fourth-order valence-corrected chi connectivity index (χ4v) is 11.7. The summed E-state index contributed by atoms with van der Waals surface area (Å²) < 4.78 is 151. The van der Waals surface area contributed by atoms with Crippen molar-refractivity contribution in [2.75, 3.05) is 37.2 Å². The van der Waals surface area contributed by atoms with Crippen molar-refractivity contribution in [3.63, 3.8) is 0 Å². The second kappa shape index (κ2) is 35.3. The molecule has 0 bridgehead atoms. The zero-order chi connectivity index (χ0) is 77.8. The van der Waals surface area contributed by atoms with Crippen molar-refractivity contribution < 1.29 is 77.8 Å². The molecule has 14 rings (SSSR count). The first-order chi connectivity index (χ1) is 50.6. The second-order valence-electron chi connectivity index (χ2n) is 26.1. The highest BCUT2D eigenvalue weighted by molar-refractivity contribution is 14.1. The lowest BCUT2D eigenvalue weighted by Gasteiger charge is -2.31. The molecule has 10 aromatic rings. The number of aromatic nitrogens is 8. The maximum atomic E-state index is 14.2. The Balaban J connectivity index is 0.000000154. The zero-order valence-electron chi connectivity index (χ0n) is 58.3. The highest BCUT2D eigenvalue weighted by Crippen LogP contribution is 2.33. The topological polar surface area (TPSA) is 241 Å². The first-order valence-corrected chi connectivity index (χ1v) is 34.3. The molecule has 0 saturated heterocycles. The van der Waals surface area contributed by atoms with Gasteiger partial charge in [-0.05, 0) is 143 Å². The van der Waals surface area contributed by atoms with E-state index in [1.807, 2.05) is 40.8 Å². The number of nitrogens with two attached hydrogens (primary N) is 1. The standard InChI is InChI=1S/C21H15F3N4O.C17H19F2N3O2.C12H11F2N3.C11H16IN3O2.C6H5BF2O2.C6H5ClFN/c1-2-13-9-15(4-6-17(13)23)26-21(29)27-7-8-28-12-25-20(19(28)11-27)16-5-3-14(22)10-18(16)24;1-17(2,3)24-16(23)21-6-7-22-10-20-15(14(22)9-21)12-5-4-11(18)8-13(12)19;13-8-1-2-9(10(14)5-8)12-11-6-15-3-4-17(11)7-16-12;1-11(2,3)17-10(16)14-4-5-15-7-13-9(12)8(15)6-14;8-4-1-2-5(7(10)11)6(9)3-4;7-5-3-4(9)1-2-6(5)8/h1,3-6,9-10,12H,7-8,11H2,(H,26,29);4-5,8,10H,6-7,9H2,1-3H3;1-2,5,7,15H,3-4,6H2;7H,4-6H2,1-3H3;1-3,10-11H;1-3H,9H2. The van der Waals surface area contributed by atoms with Crippen LogP contribution < -0.4 is 21.8 Å². The molecule has 0 spiro atoms. The Morgan fingerprint density at radius 2 is 0.953 bits per heavy atom. The molecule has 4 amide bonds. The lowest BCUT2D eigenvalue weighted by Crippen LogP contribution is -2.41. The minimum Gasteiger partial charge on any atom is -0.444 e. The number of nitrogens with zero attached hydrogens (tertiary/aromatic N) is 11. The number of imidazole rings is 4. The SMILES string of the molecule is C#Cc1cc(NC(=O)N2CCn3cnc(-c4ccc(F)cc4F)c3C2)ccc1F.CC(C)(C)OC(=O)N1CCn2cnc(-c3ccc(F)cc3F)c2C1.CC(C)(C)OC(=O)N1CCn2cnc(I)c2C1.Fc1ccc(-c2ncn3c2CNCC3)c(F)c1.Nc1ccc(F)c(Cl)c1.OB(O)c1ccc(F)cc1F. The predicted octanol–water partition coefficient (Wildman–Crippen LogP) is 13.5. The summed E-state index contributed by atoms with van der Waals surface area (Å²) in [6.07, 6.45) is 11.3. The van der Waals surface area contributed by atoms with Gasteiger partial charge in [-0.25, -0.2) is 78.2 Å². The number of ether oxygens (including phenoxy) is 2. The first kappa shape index (κ1) is 80.7. The highest BCUT2D eigenvalue weighted by atomic mass is 127. The van der Waals surface area contributed by atoms with Crippen molar-refractivity contribution in [3.05, 3.63) is 230 Å². The molecule has 21 nitrogen and oxygen atoms in total. The van der Waals surface area contributed by atoms with E-state index in [1.165, 1.54) is 71.6 Å². The van der Waals surface area contributed by atoms with Crippen molar-refractivity contribution in [3.8, 4) is 46.1 Å². The third kappa shape index (κ3) is 21.4. The Morgan fingerprint density at radius 3 is 1.40 bits per heavy atom. The quantitative estimate of drug-likeness (QED) is 0.0355. The maximum absolute atomic E-state index is 14.2. The van der Waals surface area contributed by atoms with Crippen LogP contribution in [0.4, 0.5) is 69.7 Å². The molecule has 4 aliphatic rings. The number of amides is 4. The maximum Gasteiger partial charge on any atom is 0.491 e. The fraction of sp³-hybridized carbons (Fsp3) is 0.274. The molecule has 8 heterocycles. The lowest BCUT2D eigenvalue weighted by molar-refractivity contribution is 0.0189. The monoisotopic (exact) mass is 1620 g/mol. The predicted molar refractivity (Wildman–Crippen MR) is 388 cm³/mol. The summed E-state index contributed by atoms with van der Waals surface area (Å²) in [5, 5.41) is 22.9. The molecule has 107 heavy (non-hydrogen) atoms. The Bertz CT molecular complexity index is 4910. The second-order valence-corrected chi connectivity index (χ2v) is 27.6. The van der Waals surface area contributed by atoms with Gasteiger partial charge in [0.1, 0.15) is 73.1 Å². The Kier molecular flexibility index (Phi) is 26.6. The van der Waals surface area contributed by atoms with E-state index < -0.39 is 88.6 Å². The van der Waals surface area contributed by atoms with E-state index in [0.717, 1.165) is 71.1 Å². The third-order valence-corrected chi connectivity index (χ3v) is 17.3. The van der Waals surface area contributed by atoms with Crippen molar-refractivity contribution in [2.24, 2.45) is 0 Å². The van der Waals surface area contributed by atoms with Crippen molar-refractivity contribution >= 4 is 76.4 Å². The average Bonchev–Trinajstić information content (AvgIpc) is 1.40. The molecule has 0 unspecified atom stereocenters. The summed E-state index contributed by atoms with van der Waals surface area (Å²) in [5.74, 6) is -4.32. The van der Waals surface area contributed by atoms with E-state index in [0.29, 0.717) is 97.3 Å². The van der Waals surface area contributed by atoms with Gasteiger partial charge in [-0.3, -0.25) is 0 Å². The molecule has 562 valence electrons. The number of carbonyl (C=O) groups is 3. The molecule has 0 atom stereocenters. The summed E-state index contributed by atoms with van der Waals surface area (Å²) in [6.45, 7) is 17.8. The smallest absolute Gasteiger partial charge is 0.444 e.